The average Bonchev–Trinajstić information content (AvgIpc) is 2.76. The van der Waals surface area contributed by atoms with Crippen LogP contribution in [0.4, 0.5) is 0 Å². The van der Waals surface area contributed by atoms with Crippen molar-refractivity contribution < 1.29 is 19.0 Å². The first kappa shape index (κ1) is 23.0. The summed E-state index contributed by atoms with van der Waals surface area (Å²) in [5, 5.41) is 2.80. The molecule has 0 bridgehead atoms. The van der Waals surface area contributed by atoms with E-state index in [1.807, 2.05) is 37.3 Å². The minimum atomic E-state index is -0.483. The SMILES string of the molecule is CCC(COC)Oc1cc(OCc2ccccc2)cc(C(=O)N=C(N)/C=C\NC)c1. The molecule has 0 saturated carbocycles. The molecule has 2 aromatic carbocycles. The number of hydrogen-bond acceptors (Lipinski definition) is 5. The van der Waals surface area contributed by atoms with Crippen LogP contribution in [0.3, 0.4) is 0 Å². The molecular weight excluding hydrogens is 382 g/mol. The highest BCUT2D eigenvalue weighted by molar-refractivity contribution is 6.06. The second-order valence-electron chi connectivity index (χ2n) is 6.53. The molecule has 1 unspecified atom stereocenters. The Morgan fingerprint density at radius 2 is 1.93 bits per heavy atom. The van der Waals surface area contributed by atoms with Gasteiger partial charge in [-0.3, -0.25) is 4.79 Å². The molecule has 0 aliphatic rings. The van der Waals surface area contributed by atoms with Gasteiger partial charge in [0.05, 0.1) is 6.61 Å². The van der Waals surface area contributed by atoms with E-state index >= 15 is 0 Å². The number of rotatable bonds is 11. The van der Waals surface area contributed by atoms with Crippen LogP contribution in [0.1, 0.15) is 29.3 Å². The predicted molar refractivity (Wildman–Crippen MR) is 118 cm³/mol. The number of methoxy groups -OCH3 is 1. The van der Waals surface area contributed by atoms with Gasteiger partial charge in [-0.1, -0.05) is 37.3 Å². The lowest BCUT2D eigenvalue weighted by Gasteiger charge is -2.18. The van der Waals surface area contributed by atoms with E-state index in [-0.39, 0.29) is 11.9 Å². The number of ether oxygens (including phenoxy) is 3. The van der Waals surface area contributed by atoms with Gasteiger partial charge >= 0.3 is 0 Å². The number of carbonyl (C=O) groups excluding carboxylic acids is 1. The fourth-order valence-corrected chi connectivity index (χ4v) is 2.59. The molecule has 7 nitrogen and oxygen atoms in total. The van der Waals surface area contributed by atoms with Crippen LogP contribution in [0.25, 0.3) is 0 Å². The van der Waals surface area contributed by atoms with E-state index in [2.05, 4.69) is 10.3 Å². The number of nitrogens with two attached hydrogens (primary N) is 1. The molecule has 1 atom stereocenters. The molecule has 0 saturated heterocycles. The second kappa shape index (κ2) is 12.3. The summed E-state index contributed by atoms with van der Waals surface area (Å²) >= 11 is 0. The third-order valence-electron chi connectivity index (χ3n) is 4.14. The van der Waals surface area contributed by atoms with Crippen molar-refractivity contribution >= 4 is 11.7 Å². The Kier molecular flexibility index (Phi) is 9.40. The molecule has 160 valence electrons. The average molecular weight is 412 g/mol. The van der Waals surface area contributed by atoms with Crippen LogP contribution < -0.4 is 20.5 Å². The standard InChI is InChI=1S/C23H29N3O4/c1-4-19(16-28-3)30-21-13-18(23(27)26-22(24)10-11-25-2)12-20(14-21)29-15-17-8-6-5-7-9-17/h5-14,19,25H,4,15-16H2,1-3H3,(H2,24,26,27)/b11-10-. The summed E-state index contributed by atoms with van der Waals surface area (Å²) in [5.74, 6) is 0.625. The van der Waals surface area contributed by atoms with E-state index in [1.165, 1.54) is 6.08 Å². The molecule has 0 aliphatic carbocycles. The lowest BCUT2D eigenvalue weighted by molar-refractivity contribution is 0.0783. The van der Waals surface area contributed by atoms with E-state index in [0.717, 1.165) is 12.0 Å². The van der Waals surface area contributed by atoms with Crippen molar-refractivity contribution in [3.8, 4) is 11.5 Å². The zero-order valence-electron chi connectivity index (χ0n) is 17.6. The van der Waals surface area contributed by atoms with E-state index in [4.69, 9.17) is 19.9 Å². The van der Waals surface area contributed by atoms with E-state index in [0.29, 0.717) is 30.3 Å². The normalized spacial score (nSPS) is 12.6. The Labute approximate surface area is 177 Å². The van der Waals surface area contributed by atoms with Gasteiger partial charge in [0.15, 0.2) is 0 Å². The molecule has 0 aromatic heterocycles. The van der Waals surface area contributed by atoms with Gasteiger partial charge in [0, 0.05) is 25.8 Å². The van der Waals surface area contributed by atoms with E-state index in [9.17, 15) is 4.79 Å². The van der Waals surface area contributed by atoms with Crippen molar-refractivity contribution in [2.75, 3.05) is 20.8 Å². The maximum Gasteiger partial charge on any atom is 0.279 e. The Bertz CT molecular complexity index is 866. The summed E-state index contributed by atoms with van der Waals surface area (Å²) in [5.41, 5.74) is 7.11. The fraction of sp³-hybridized carbons (Fsp3) is 0.304. The fourth-order valence-electron chi connectivity index (χ4n) is 2.59. The minimum Gasteiger partial charge on any atom is -0.489 e. The second-order valence-corrected chi connectivity index (χ2v) is 6.53. The first-order valence-corrected chi connectivity index (χ1v) is 9.75. The molecular formula is C23H29N3O4. The van der Waals surface area contributed by atoms with Gasteiger partial charge in [-0.05, 0) is 36.4 Å². The van der Waals surface area contributed by atoms with Crippen molar-refractivity contribution in [3.63, 3.8) is 0 Å². The van der Waals surface area contributed by atoms with Gasteiger partial charge in [-0.15, -0.1) is 0 Å². The number of carbonyl (C=O) groups is 1. The van der Waals surface area contributed by atoms with Crippen LogP contribution in [0.15, 0.2) is 65.8 Å². The molecule has 0 heterocycles. The van der Waals surface area contributed by atoms with Crippen LogP contribution in [-0.2, 0) is 11.3 Å². The van der Waals surface area contributed by atoms with Crippen LogP contribution in [0.2, 0.25) is 0 Å². The molecule has 3 N–H and O–H groups in total. The molecule has 2 rings (SSSR count). The Morgan fingerprint density at radius 1 is 1.20 bits per heavy atom. The molecule has 0 fully saturated rings. The van der Waals surface area contributed by atoms with Gasteiger partial charge in [0.2, 0.25) is 0 Å². The van der Waals surface area contributed by atoms with Crippen molar-refractivity contribution in [2.24, 2.45) is 10.7 Å². The number of nitrogens with zero attached hydrogens (tertiary/aromatic N) is 1. The van der Waals surface area contributed by atoms with Gasteiger partial charge < -0.3 is 25.3 Å². The lowest BCUT2D eigenvalue weighted by atomic mass is 10.1. The summed E-state index contributed by atoms with van der Waals surface area (Å²) in [7, 11) is 3.35. The van der Waals surface area contributed by atoms with Crippen LogP contribution >= 0.6 is 0 Å². The monoisotopic (exact) mass is 411 g/mol. The molecule has 0 aliphatic heterocycles. The molecule has 2 aromatic rings. The van der Waals surface area contributed by atoms with Gasteiger partial charge in [-0.2, -0.15) is 4.99 Å². The lowest BCUT2D eigenvalue weighted by Crippen LogP contribution is -2.21. The number of nitrogens with one attached hydrogen (secondary N) is 1. The first-order chi connectivity index (χ1) is 14.5. The smallest absolute Gasteiger partial charge is 0.279 e. The van der Waals surface area contributed by atoms with E-state index in [1.54, 1.807) is 38.6 Å². The predicted octanol–water partition coefficient (Wildman–Crippen LogP) is 3.30. The summed E-state index contributed by atoms with van der Waals surface area (Å²) in [6, 6.07) is 14.8. The Balaban J connectivity index is 2.28. The largest absolute Gasteiger partial charge is 0.489 e. The van der Waals surface area contributed by atoms with Crippen molar-refractivity contribution in [1.29, 1.82) is 0 Å². The Hall–Kier alpha value is -3.32. The summed E-state index contributed by atoms with van der Waals surface area (Å²) in [6.45, 7) is 2.81. The molecule has 1 amide bonds. The minimum absolute atomic E-state index is 0.0956. The number of aliphatic imine (C=N–C) groups is 1. The van der Waals surface area contributed by atoms with Crippen LogP contribution in [0, 0.1) is 0 Å². The zero-order valence-corrected chi connectivity index (χ0v) is 17.6. The number of hydrogen-bond donors (Lipinski definition) is 2. The number of amidine groups is 1. The van der Waals surface area contributed by atoms with Gasteiger partial charge in [-0.25, -0.2) is 0 Å². The Morgan fingerprint density at radius 3 is 2.60 bits per heavy atom. The third-order valence-corrected chi connectivity index (χ3v) is 4.14. The highest BCUT2D eigenvalue weighted by Gasteiger charge is 2.14. The highest BCUT2D eigenvalue weighted by Crippen LogP contribution is 2.26. The molecule has 0 radical (unpaired) electrons. The maximum atomic E-state index is 12.6. The van der Waals surface area contributed by atoms with Crippen molar-refractivity contribution in [2.45, 2.75) is 26.1 Å². The van der Waals surface area contributed by atoms with E-state index < -0.39 is 5.91 Å². The molecule has 0 spiro atoms. The summed E-state index contributed by atoms with van der Waals surface area (Å²) in [6.07, 6.45) is 3.72. The molecule has 30 heavy (non-hydrogen) atoms. The maximum absolute atomic E-state index is 12.6. The number of benzene rings is 2. The van der Waals surface area contributed by atoms with Gasteiger partial charge in [0.25, 0.3) is 5.91 Å². The molecule has 7 heteroatoms. The topological polar surface area (TPSA) is 95.2 Å². The summed E-state index contributed by atoms with van der Waals surface area (Å²) in [4.78, 5) is 16.5. The summed E-state index contributed by atoms with van der Waals surface area (Å²) < 4.78 is 17.1. The first-order valence-electron chi connectivity index (χ1n) is 9.75. The number of amides is 1. The van der Waals surface area contributed by atoms with Crippen LogP contribution in [0.5, 0.6) is 11.5 Å². The van der Waals surface area contributed by atoms with Crippen molar-refractivity contribution in [3.05, 3.63) is 71.9 Å². The van der Waals surface area contributed by atoms with Crippen LogP contribution in [-0.4, -0.2) is 38.6 Å². The zero-order chi connectivity index (χ0) is 21.8. The van der Waals surface area contributed by atoms with Crippen molar-refractivity contribution in [1.82, 2.24) is 5.32 Å². The quantitative estimate of drug-likeness (QED) is 0.435. The third kappa shape index (κ3) is 7.60. The highest BCUT2D eigenvalue weighted by atomic mass is 16.5. The van der Waals surface area contributed by atoms with Gasteiger partial charge in [0.1, 0.15) is 30.0 Å².